The van der Waals surface area contributed by atoms with Crippen LogP contribution in [0.3, 0.4) is 0 Å². The summed E-state index contributed by atoms with van der Waals surface area (Å²) in [5.74, 6) is -0.131. The topological polar surface area (TPSA) is 95.1 Å². The van der Waals surface area contributed by atoms with Crippen LogP contribution in [0.1, 0.15) is 32.8 Å². The Labute approximate surface area is 147 Å². The first-order chi connectivity index (χ1) is 11.9. The third kappa shape index (κ3) is 3.05. The van der Waals surface area contributed by atoms with E-state index in [0.717, 1.165) is 11.3 Å². The Bertz CT molecular complexity index is 726. The predicted molar refractivity (Wildman–Crippen MR) is 93.9 cm³/mol. The lowest BCUT2D eigenvalue weighted by Gasteiger charge is -2.57. The molecule has 7 heteroatoms. The fraction of sp³-hybridized carbons (Fsp3) is 0.500. The quantitative estimate of drug-likeness (QED) is 0.827. The van der Waals surface area contributed by atoms with Crippen LogP contribution in [0.5, 0.6) is 0 Å². The summed E-state index contributed by atoms with van der Waals surface area (Å²) in [6.45, 7) is 7.00. The van der Waals surface area contributed by atoms with Gasteiger partial charge >= 0.3 is 0 Å². The van der Waals surface area contributed by atoms with Crippen molar-refractivity contribution in [3.05, 3.63) is 42.5 Å². The SMILES string of the molecule is CCOC1CC(N)(C(=O)NCc2ccc(-n3cncn3)cc2)C1(C)C. The minimum Gasteiger partial charge on any atom is -0.378 e. The van der Waals surface area contributed by atoms with Crippen molar-refractivity contribution in [2.45, 2.75) is 45.4 Å². The van der Waals surface area contributed by atoms with Gasteiger partial charge in [-0.3, -0.25) is 4.79 Å². The van der Waals surface area contributed by atoms with Crippen LogP contribution in [-0.4, -0.2) is 38.9 Å². The van der Waals surface area contributed by atoms with E-state index in [1.54, 1.807) is 11.0 Å². The molecule has 2 aromatic rings. The van der Waals surface area contributed by atoms with Crippen molar-refractivity contribution in [2.24, 2.45) is 11.1 Å². The Kier molecular flexibility index (Phi) is 4.62. The molecule has 3 N–H and O–H groups in total. The molecule has 1 saturated carbocycles. The largest absolute Gasteiger partial charge is 0.378 e. The highest BCUT2D eigenvalue weighted by Crippen LogP contribution is 2.49. The van der Waals surface area contributed by atoms with Crippen LogP contribution < -0.4 is 11.1 Å². The number of hydrogen-bond donors (Lipinski definition) is 2. The maximum Gasteiger partial charge on any atom is 0.241 e. The number of nitrogens with zero attached hydrogens (tertiary/aromatic N) is 3. The number of nitrogens with one attached hydrogen (secondary N) is 1. The second-order valence-corrected chi connectivity index (χ2v) is 7.03. The molecule has 2 unspecified atom stereocenters. The van der Waals surface area contributed by atoms with E-state index in [2.05, 4.69) is 15.4 Å². The molecule has 0 spiro atoms. The fourth-order valence-electron chi connectivity index (χ4n) is 3.27. The van der Waals surface area contributed by atoms with Gasteiger partial charge in [-0.2, -0.15) is 5.10 Å². The lowest BCUT2D eigenvalue weighted by Crippen LogP contribution is -2.75. The average Bonchev–Trinajstić information content (AvgIpc) is 3.14. The van der Waals surface area contributed by atoms with E-state index < -0.39 is 5.54 Å². The molecule has 1 aliphatic carbocycles. The summed E-state index contributed by atoms with van der Waals surface area (Å²) in [5.41, 5.74) is 7.02. The molecule has 1 amide bonds. The van der Waals surface area contributed by atoms with Gasteiger partial charge in [0.05, 0.1) is 11.8 Å². The van der Waals surface area contributed by atoms with E-state index in [4.69, 9.17) is 10.5 Å². The molecule has 0 aliphatic heterocycles. The number of hydrogen-bond acceptors (Lipinski definition) is 5. The Morgan fingerprint density at radius 1 is 1.40 bits per heavy atom. The second kappa shape index (κ2) is 6.57. The Morgan fingerprint density at radius 2 is 2.12 bits per heavy atom. The Hall–Kier alpha value is -2.25. The molecule has 7 nitrogen and oxygen atoms in total. The van der Waals surface area contributed by atoms with Crippen molar-refractivity contribution in [1.29, 1.82) is 0 Å². The molecule has 0 bridgehead atoms. The first-order valence-corrected chi connectivity index (χ1v) is 8.51. The van der Waals surface area contributed by atoms with Gasteiger partial charge in [-0.05, 0) is 24.6 Å². The minimum absolute atomic E-state index is 0.0233. The molecule has 1 aromatic carbocycles. The first kappa shape index (κ1) is 17.6. The summed E-state index contributed by atoms with van der Waals surface area (Å²) < 4.78 is 7.36. The van der Waals surface area contributed by atoms with Crippen molar-refractivity contribution < 1.29 is 9.53 Å². The van der Waals surface area contributed by atoms with Crippen LogP contribution in [0.4, 0.5) is 0 Å². The second-order valence-electron chi connectivity index (χ2n) is 7.03. The van der Waals surface area contributed by atoms with E-state index in [0.29, 0.717) is 19.6 Å². The number of nitrogens with two attached hydrogens (primary N) is 1. The van der Waals surface area contributed by atoms with Crippen LogP contribution >= 0.6 is 0 Å². The summed E-state index contributed by atoms with van der Waals surface area (Å²) in [7, 11) is 0. The summed E-state index contributed by atoms with van der Waals surface area (Å²) in [6, 6.07) is 7.78. The molecule has 1 aromatic heterocycles. The van der Waals surface area contributed by atoms with Crippen molar-refractivity contribution >= 4 is 5.91 Å². The van der Waals surface area contributed by atoms with E-state index in [9.17, 15) is 4.79 Å². The first-order valence-electron chi connectivity index (χ1n) is 8.51. The maximum absolute atomic E-state index is 12.6. The summed E-state index contributed by atoms with van der Waals surface area (Å²) in [4.78, 5) is 16.6. The minimum atomic E-state index is -0.895. The summed E-state index contributed by atoms with van der Waals surface area (Å²) >= 11 is 0. The number of ether oxygens (including phenoxy) is 1. The number of aromatic nitrogens is 3. The lowest BCUT2D eigenvalue weighted by molar-refractivity contribution is -0.170. The summed E-state index contributed by atoms with van der Waals surface area (Å²) in [6.07, 6.45) is 3.70. The van der Waals surface area contributed by atoms with Gasteiger partial charge in [0.1, 0.15) is 18.2 Å². The molecule has 1 heterocycles. The molecule has 1 aliphatic rings. The highest BCUT2D eigenvalue weighted by Gasteiger charge is 2.62. The van der Waals surface area contributed by atoms with Crippen molar-refractivity contribution in [3.8, 4) is 5.69 Å². The van der Waals surface area contributed by atoms with Gasteiger partial charge in [0, 0.05) is 25.0 Å². The smallest absolute Gasteiger partial charge is 0.241 e. The van der Waals surface area contributed by atoms with Gasteiger partial charge in [-0.25, -0.2) is 9.67 Å². The van der Waals surface area contributed by atoms with Gasteiger partial charge in [-0.15, -0.1) is 0 Å². The lowest BCUT2D eigenvalue weighted by atomic mass is 9.54. The molecule has 1 fully saturated rings. The average molecular weight is 343 g/mol. The summed E-state index contributed by atoms with van der Waals surface area (Å²) in [5, 5.41) is 7.05. The zero-order chi connectivity index (χ0) is 18.1. The maximum atomic E-state index is 12.6. The highest BCUT2D eigenvalue weighted by atomic mass is 16.5. The number of amides is 1. The fourth-order valence-corrected chi connectivity index (χ4v) is 3.27. The van der Waals surface area contributed by atoms with Gasteiger partial charge in [-0.1, -0.05) is 26.0 Å². The highest BCUT2D eigenvalue weighted by molar-refractivity contribution is 5.88. The number of rotatable bonds is 6. The Morgan fingerprint density at radius 3 is 2.68 bits per heavy atom. The molecule has 0 radical (unpaired) electrons. The third-order valence-electron chi connectivity index (χ3n) is 5.31. The van der Waals surface area contributed by atoms with E-state index in [1.165, 1.54) is 6.33 Å². The molecule has 3 rings (SSSR count). The van der Waals surface area contributed by atoms with E-state index in [-0.39, 0.29) is 17.4 Å². The zero-order valence-electron chi connectivity index (χ0n) is 14.9. The van der Waals surface area contributed by atoms with Gasteiger partial charge in [0.2, 0.25) is 5.91 Å². The van der Waals surface area contributed by atoms with Crippen LogP contribution in [0.15, 0.2) is 36.9 Å². The van der Waals surface area contributed by atoms with E-state index >= 15 is 0 Å². The number of carbonyl (C=O) groups is 1. The Balaban J connectivity index is 1.59. The van der Waals surface area contributed by atoms with Crippen molar-refractivity contribution in [2.75, 3.05) is 6.61 Å². The predicted octanol–water partition coefficient (Wildman–Crippen LogP) is 1.42. The molecule has 25 heavy (non-hydrogen) atoms. The van der Waals surface area contributed by atoms with Crippen LogP contribution in [0.25, 0.3) is 5.69 Å². The van der Waals surface area contributed by atoms with Gasteiger partial charge < -0.3 is 15.8 Å². The normalized spacial score (nSPS) is 24.6. The number of carbonyl (C=O) groups excluding carboxylic acids is 1. The van der Waals surface area contributed by atoms with Crippen molar-refractivity contribution in [1.82, 2.24) is 20.1 Å². The third-order valence-corrected chi connectivity index (χ3v) is 5.31. The molecule has 134 valence electrons. The zero-order valence-corrected chi connectivity index (χ0v) is 14.9. The van der Waals surface area contributed by atoms with Crippen LogP contribution in [-0.2, 0) is 16.1 Å². The van der Waals surface area contributed by atoms with Crippen LogP contribution in [0.2, 0.25) is 0 Å². The van der Waals surface area contributed by atoms with Crippen molar-refractivity contribution in [3.63, 3.8) is 0 Å². The van der Waals surface area contributed by atoms with Gasteiger partial charge in [0.25, 0.3) is 0 Å². The molecule has 0 saturated heterocycles. The number of benzene rings is 1. The molecular formula is C18H25N5O2. The molecule has 2 atom stereocenters. The standard InChI is InChI=1S/C18H25N5O2/c1-4-25-15-9-18(19,17(15,2)3)16(24)21-10-13-5-7-14(8-6-13)23-12-20-11-22-23/h5-8,11-12,15H,4,9-10,19H2,1-3H3,(H,21,24). The van der Waals surface area contributed by atoms with Gasteiger partial charge in [0.15, 0.2) is 0 Å². The molecular weight excluding hydrogens is 318 g/mol. The van der Waals surface area contributed by atoms with Crippen LogP contribution in [0, 0.1) is 5.41 Å². The monoisotopic (exact) mass is 343 g/mol. The van der Waals surface area contributed by atoms with E-state index in [1.807, 2.05) is 45.0 Å².